The highest BCUT2D eigenvalue weighted by atomic mass is 16.2. The van der Waals surface area contributed by atoms with Crippen LogP contribution in [0.4, 0.5) is 5.69 Å². The Bertz CT molecular complexity index is 942. The van der Waals surface area contributed by atoms with Gasteiger partial charge in [0.1, 0.15) is 0 Å². The quantitative estimate of drug-likeness (QED) is 0.823. The molecule has 2 amide bonds. The summed E-state index contributed by atoms with van der Waals surface area (Å²) in [7, 11) is 0. The molecule has 28 heavy (non-hydrogen) atoms. The number of benzene rings is 2. The van der Waals surface area contributed by atoms with E-state index in [-0.39, 0.29) is 11.8 Å². The molecule has 0 radical (unpaired) electrons. The lowest BCUT2D eigenvalue weighted by Gasteiger charge is -2.35. The molecule has 0 aliphatic carbocycles. The summed E-state index contributed by atoms with van der Waals surface area (Å²) in [4.78, 5) is 31.2. The number of carbonyl (C=O) groups excluding carboxylic acids is 2. The number of nitriles is 1. The lowest BCUT2D eigenvalue weighted by Crippen LogP contribution is -2.51. The minimum Gasteiger partial charge on any atom is -0.336 e. The van der Waals surface area contributed by atoms with Gasteiger partial charge in [-0.1, -0.05) is 24.3 Å². The zero-order chi connectivity index (χ0) is 19.5. The van der Waals surface area contributed by atoms with Crippen molar-refractivity contribution in [1.29, 1.82) is 5.26 Å². The van der Waals surface area contributed by atoms with E-state index < -0.39 is 0 Å². The van der Waals surface area contributed by atoms with E-state index in [4.69, 9.17) is 5.26 Å². The number of hydrogen-bond donors (Lipinski definition) is 0. The molecule has 0 atom stereocenters. The van der Waals surface area contributed by atoms with Gasteiger partial charge in [0.2, 0.25) is 5.91 Å². The first-order chi connectivity index (χ1) is 13.7. The van der Waals surface area contributed by atoms with E-state index in [1.807, 2.05) is 23.1 Å². The van der Waals surface area contributed by atoms with Gasteiger partial charge in [0.15, 0.2) is 0 Å². The Hall–Kier alpha value is -3.17. The van der Waals surface area contributed by atoms with Gasteiger partial charge in [-0.05, 0) is 36.2 Å². The first kappa shape index (κ1) is 18.2. The molecule has 2 aliphatic rings. The minimum absolute atomic E-state index is 0.0588. The highest BCUT2D eigenvalue weighted by molar-refractivity contribution is 5.97. The minimum atomic E-state index is -0.0588. The molecule has 0 spiro atoms. The second-order valence-corrected chi connectivity index (χ2v) is 7.19. The molecule has 2 aromatic rings. The molecule has 2 heterocycles. The monoisotopic (exact) mass is 374 g/mol. The van der Waals surface area contributed by atoms with E-state index in [9.17, 15) is 9.59 Å². The number of amides is 2. The van der Waals surface area contributed by atoms with Gasteiger partial charge >= 0.3 is 0 Å². The molecule has 6 heteroatoms. The third-order valence-corrected chi connectivity index (χ3v) is 5.45. The van der Waals surface area contributed by atoms with E-state index in [2.05, 4.69) is 17.0 Å². The summed E-state index contributed by atoms with van der Waals surface area (Å²) in [6.07, 6.45) is 0.909. The highest BCUT2D eigenvalue weighted by Crippen LogP contribution is 2.27. The molecular weight excluding hydrogens is 352 g/mol. The highest BCUT2D eigenvalue weighted by Gasteiger charge is 2.28. The van der Waals surface area contributed by atoms with Crippen molar-refractivity contribution in [2.45, 2.75) is 6.42 Å². The van der Waals surface area contributed by atoms with Crippen molar-refractivity contribution in [3.8, 4) is 6.07 Å². The van der Waals surface area contributed by atoms with Crippen molar-refractivity contribution in [2.24, 2.45) is 0 Å². The van der Waals surface area contributed by atoms with E-state index in [0.29, 0.717) is 43.9 Å². The van der Waals surface area contributed by atoms with Crippen LogP contribution >= 0.6 is 0 Å². The summed E-state index contributed by atoms with van der Waals surface area (Å²) in [5, 5.41) is 9.01. The summed E-state index contributed by atoms with van der Waals surface area (Å²) in [5.41, 5.74) is 3.28. The molecule has 0 bridgehead atoms. The molecule has 0 unspecified atom stereocenters. The van der Waals surface area contributed by atoms with Crippen molar-refractivity contribution >= 4 is 17.5 Å². The largest absolute Gasteiger partial charge is 0.336 e. The standard InChI is InChI=1S/C22H22N4O2/c23-15-17-4-3-6-19(14-17)22(28)25-12-10-24(11-13-25)16-21(27)26-9-8-18-5-1-2-7-20(18)26/h1-7,14H,8-13,16H2. The summed E-state index contributed by atoms with van der Waals surface area (Å²) in [6.45, 7) is 3.63. The van der Waals surface area contributed by atoms with Crippen LogP contribution < -0.4 is 4.90 Å². The Morgan fingerprint density at radius 3 is 2.54 bits per heavy atom. The number of nitrogens with zero attached hydrogens (tertiary/aromatic N) is 4. The van der Waals surface area contributed by atoms with Crippen LogP contribution in [0.2, 0.25) is 0 Å². The molecule has 2 aromatic carbocycles. The second kappa shape index (κ2) is 7.83. The molecule has 1 fully saturated rings. The predicted molar refractivity (Wildman–Crippen MR) is 106 cm³/mol. The first-order valence-corrected chi connectivity index (χ1v) is 9.56. The molecule has 4 rings (SSSR count). The van der Waals surface area contributed by atoms with Crippen molar-refractivity contribution in [3.63, 3.8) is 0 Å². The maximum Gasteiger partial charge on any atom is 0.253 e. The van der Waals surface area contributed by atoms with Crippen LogP contribution in [-0.4, -0.2) is 60.9 Å². The van der Waals surface area contributed by atoms with Crippen LogP contribution in [0.3, 0.4) is 0 Å². The first-order valence-electron chi connectivity index (χ1n) is 9.56. The van der Waals surface area contributed by atoms with Crippen molar-refractivity contribution in [2.75, 3.05) is 44.2 Å². The Morgan fingerprint density at radius 2 is 1.75 bits per heavy atom. The average Bonchev–Trinajstić information content (AvgIpc) is 3.18. The van der Waals surface area contributed by atoms with E-state index >= 15 is 0 Å². The van der Waals surface area contributed by atoms with Gasteiger partial charge in [0.05, 0.1) is 18.2 Å². The predicted octanol–water partition coefficient (Wildman–Crippen LogP) is 1.91. The van der Waals surface area contributed by atoms with Gasteiger partial charge in [0.25, 0.3) is 5.91 Å². The van der Waals surface area contributed by atoms with Crippen LogP contribution in [0, 0.1) is 11.3 Å². The van der Waals surface area contributed by atoms with E-state index in [1.54, 1.807) is 29.2 Å². The van der Waals surface area contributed by atoms with Crippen LogP contribution in [0.25, 0.3) is 0 Å². The lowest BCUT2D eigenvalue weighted by molar-refractivity contribution is -0.120. The molecule has 0 saturated carbocycles. The molecule has 1 saturated heterocycles. The third-order valence-electron chi connectivity index (χ3n) is 5.45. The number of para-hydroxylation sites is 1. The summed E-state index contributed by atoms with van der Waals surface area (Å²) >= 11 is 0. The maximum absolute atomic E-state index is 12.8. The fraction of sp³-hybridized carbons (Fsp3) is 0.318. The third kappa shape index (κ3) is 3.62. The van der Waals surface area contributed by atoms with Crippen LogP contribution in [-0.2, 0) is 11.2 Å². The average molecular weight is 374 g/mol. The van der Waals surface area contributed by atoms with Crippen molar-refractivity contribution in [1.82, 2.24) is 9.80 Å². The molecule has 6 nitrogen and oxygen atoms in total. The smallest absolute Gasteiger partial charge is 0.253 e. The fourth-order valence-corrected chi connectivity index (χ4v) is 3.89. The Labute approximate surface area is 164 Å². The van der Waals surface area contributed by atoms with Gasteiger partial charge in [0, 0.05) is 44.0 Å². The number of carbonyl (C=O) groups is 2. The summed E-state index contributed by atoms with van der Waals surface area (Å²) in [6, 6.07) is 16.9. The van der Waals surface area contributed by atoms with Gasteiger partial charge < -0.3 is 9.80 Å². The maximum atomic E-state index is 12.8. The molecule has 0 N–H and O–H groups in total. The van der Waals surface area contributed by atoms with E-state index in [0.717, 1.165) is 18.7 Å². The van der Waals surface area contributed by atoms with Gasteiger partial charge in [-0.2, -0.15) is 5.26 Å². The molecule has 142 valence electrons. The summed E-state index contributed by atoms with van der Waals surface area (Å²) < 4.78 is 0. The van der Waals surface area contributed by atoms with E-state index in [1.165, 1.54) is 5.56 Å². The Kier molecular flexibility index (Phi) is 5.09. The number of fused-ring (bicyclic) bond motifs is 1. The molecular formula is C22H22N4O2. The molecule has 2 aliphatic heterocycles. The number of hydrogen-bond acceptors (Lipinski definition) is 4. The fourth-order valence-electron chi connectivity index (χ4n) is 3.89. The van der Waals surface area contributed by atoms with Crippen LogP contribution in [0.1, 0.15) is 21.5 Å². The second-order valence-electron chi connectivity index (χ2n) is 7.19. The molecule has 0 aromatic heterocycles. The SMILES string of the molecule is N#Cc1cccc(C(=O)N2CCN(CC(=O)N3CCc4ccccc43)CC2)c1. The number of piperazine rings is 1. The summed E-state index contributed by atoms with van der Waals surface area (Å²) in [5.74, 6) is 0.0583. The van der Waals surface area contributed by atoms with Gasteiger partial charge in [-0.15, -0.1) is 0 Å². The van der Waals surface area contributed by atoms with Gasteiger partial charge in [-0.25, -0.2) is 0 Å². The van der Waals surface area contributed by atoms with Crippen LogP contribution in [0.5, 0.6) is 0 Å². The van der Waals surface area contributed by atoms with Crippen molar-refractivity contribution < 1.29 is 9.59 Å². The topological polar surface area (TPSA) is 67.6 Å². The van der Waals surface area contributed by atoms with Crippen LogP contribution in [0.15, 0.2) is 48.5 Å². The van der Waals surface area contributed by atoms with Crippen molar-refractivity contribution in [3.05, 3.63) is 65.2 Å². The Balaban J connectivity index is 1.33. The Morgan fingerprint density at radius 1 is 0.964 bits per heavy atom. The number of rotatable bonds is 3. The lowest BCUT2D eigenvalue weighted by atomic mass is 10.1. The zero-order valence-corrected chi connectivity index (χ0v) is 15.7. The van der Waals surface area contributed by atoms with Gasteiger partial charge in [-0.3, -0.25) is 14.5 Å². The zero-order valence-electron chi connectivity index (χ0n) is 15.7. The number of anilines is 1. The normalized spacial score (nSPS) is 16.5.